The molecule has 0 aromatic heterocycles. The van der Waals surface area contributed by atoms with E-state index in [9.17, 15) is 9.90 Å². The topological polar surface area (TPSA) is 49.3 Å². The first-order valence-corrected chi connectivity index (χ1v) is 7.27. The van der Waals surface area contributed by atoms with E-state index in [1.165, 1.54) is 17.5 Å². The van der Waals surface area contributed by atoms with E-state index in [-0.39, 0.29) is 5.91 Å². The molecule has 1 unspecified atom stereocenters. The lowest BCUT2D eigenvalue weighted by Crippen LogP contribution is -2.24. The molecule has 1 amide bonds. The molecule has 0 bridgehead atoms. The minimum atomic E-state index is -0.529. The number of fused-ring (bicyclic) bond motifs is 1. The van der Waals surface area contributed by atoms with Crippen LogP contribution in [0.2, 0.25) is 0 Å². The van der Waals surface area contributed by atoms with Crippen molar-refractivity contribution in [3.8, 4) is 0 Å². The van der Waals surface area contributed by atoms with E-state index in [0.29, 0.717) is 19.4 Å². The molecule has 104 valence electrons. The summed E-state index contributed by atoms with van der Waals surface area (Å²) in [7, 11) is 0. The number of carbonyl (C=O) groups is 1. The quantitative estimate of drug-likeness (QED) is 0.826. The van der Waals surface area contributed by atoms with Crippen molar-refractivity contribution in [3.63, 3.8) is 0 Å². The van der Waals surface area contributed by atoms with Gasteiger partial charge in [-0.15, -0.1) is 0 Å². The smallest absolute Gasteiger partial charge is 0.220 e. The van der Waals surface area contributed by atoms with Crippen molar-refractivity contribution in [2.75, 3.05) is 6.54 Å². The van der Waals surface area contributed by atoms with Gasteiger partial charge in [-0.25, -0.2) is 0 Å². The number of rotatable bonds is 6. The van der Waals surface area contributed by atoms with E-state index in [1.807, 2.05) is 13.0 Å². The molecule has 0 saturated carbocycles. The van der Waals surface area contributed by atoms with Crippen LogP contribution in [0.25, 0.3) is 0 Å². The minimum absolute atomic E-state index is 0.0297. The Bertz CT molecular complexity index is 442. The Morgan fingerprint density at radius 1 is 1.37 bits per heavy atom. The highest BCUT2D eigenvalue weighted by molar-refractivity contribution is 5.75. The molecule has 1 aromatic rings. The number of aliphatic hydroxyl groups excluding tert-OH is 1. The van der Waals surface area contributed by atoms with E-state index < -0.39 is 6.10 Å². The van der Waals surface area contributed by atoms with Crippen molar-refractivity contribution in [2.24, 2.45) is 0 Å². The highest BCUT2D eigenvalue weighted by atomic mass is 16.3. The predicted molar refractivity (Wildman–Crippen MR) is 76.0 cm³/mol. The van der Waals surface area contributed by atoms with Crippen molar-refractivity contribution in [1.82, 2.24) is 5.32 Å². The van der Waals surface area contributed by atoms with Crippen molar-refractivity contribution in [3.05, 3.63) is 34.9 Å². The largest absolute Gasteiger partial charge is 0.388 e. The molecular formula is C16H23NO2. The van der Waals surface area contributed by atoms with Crippen molar-refractivity contribution < 1.29 is 9.90 Å². The van der Waals surface area contributed by atoms with Gasteiger partial charge in [-0.3, -0.25) is 4.79 Å². The van der Waals surface area contributed by atoms with E-state index in [1.54, 1.807) is 0 Å². The van der Waals surface area contributed by atoms with Crippen LogP contribution in [0.5, 0.6) is 0 Å². The Morgan fingerprint density at radius 2 is 2.16 bits per heavy atom. The molecule has 1 aliphatic carbocycles. The molecule has 1 aliphatic rings. The van der Waals surface area contributed by atoms with Gasteiger partial charge in [0.1, 0.15) is 0 Å². The number of nitrogens with one attached hydrogen (secondary N) is 1. The molecule has 19 heavy (non-hydrogen) atoms. The maximum atomic E-state index is 11.5. The van der Waals surface area contributed by atoms with Crippen LogP contribution in [-0.2, 0) is 17.6 Å². The van der Waals surface area contributed by atoms with Gasteiger partial charge in [0.25, 0.3) is 0 Å². The van der Waals surface area contributed by atoms with Gasteiger partial charge in [-0.05, 0) is 48.8 Å². The summed E-state index contributed by atoms with van der Waals surface area (Å²) >= 11 is 0. The van der Waals surface area contributed by atoms with Crippen LogP contribution in [0.4, 0.5) is 0 Å². The number of hydrogen-bond donors (Lipinski definition) is 2. The molecule has 0 heterocycles. The van der Waals surface area contributed by atoms with Crippen molar-refractivity contribution >= 4 is 5.91 Å². The number of benzene rings is 1. The van der Waals surface area contributed by atoms with E-state index in [0.717, 1.165) is 24.8 Å². The standard InChI is InChI=1S/C16H23NO2/c1-2-10-17-16(19)9-8-15(18)14-7-6-12-4-3-5-13(12)11-14/h6-7,11,15,18H,2-5,8-10H2,1H3,(H,17,19). The summed E-state index contributed by atoms with van der Waals surface area (Å²) in [5, 5.41) is 13.0. The highest BCUT2D eigenvalue weighted by Gasteiger charge is 2.15. The van der Waals surface area contributed by atoms with E-state index in [4.69, 9.17) is 0 Å². The summed E-state index contributed by atoms with van der Waals surface area (Å²) in [6.45, 7) is 2.74. The summed E-state index contributed by atoms with van der Waals surface area (Å²) in [5.41, 5.74) is 3.73. The maximum absolute atomic E-state index is 11.5. The van der Waals surface area contributed by atoms with Gasteiger partial charge in [0, 0.05) is 13.0 Å². The van der Waals surface area contributed by atoms with Crippen LogP contribution in [0.3, 0.4) is 0 Å². The molecular weight excluding hydrogens is 238 g/mol. The second kappa shape index (κ2) is 6.71. The Balaban J connectivity index is 1.86. The highest BCUT2D eigenvalue weighted by Crippen LogP contribution is 2.27. The lowest BCUT2D eigenvalue weighted by atomic mass is 10.00. The third-order valence-corrected chi connectivity index (χ3v) is 3.72. The third-order valence-electron chi connectivity index (χ3n) is 3.72. The molecule has 0 radical (unpaired) electrons. The Morgan fingerprint density at radius 3 is 2.95 bits per heavy atom. The average Bonchev–Trinajstić information content (AvgIpc) is 2.89. The zero-order chi connectivity index (χ0) is 13.7. The van der Waals surface area contributed by atoms with Crippen molar-refractivity contribution in [2.45, 2.75) is 51.6 Å². The number of hydrogen-bond acceptors (Lipinski definition) is 2. The molecule has 1 aromatic carbocycles. The molecule has 3 nitrogen and oxygen atoms in total. The summed E-state index contributed by atoms with van der Waals surface area (Å²) in [4.78, 5) is 11.5. The lowest BCUT2D eigenvalue weighted by Gasteiger charge is -2.12. The Labute approximate surface area is 115 Å². The summed E-state index contributed by atoms with van der Waals surface area (Å²) in [6, 6.07) is 6.23. The van der Waals surface area contributed by atoms with E-state index >= 15 is 0 Å². The first-order chi connectivity index (χ1) is 9.20. The molecule has 0 saturated heterocycles. The fourth-order valence-corrected chi connectivity index (χ4v) is 2.59. The number of amides is 1. The second-order valence-electron chi connectivity index (χ2n) is 5.29. The van der Waals surface area contributed by atoms with Crippen LogP contribution in [-0.4, -0.2) is 17.6 Å². The third kappa shape index (κ3) is 3.80. The molecule has 2 N–H and O–H groups in total. The van der Waals surface area contributed by atoms with Crippen LogP contribution in [0.15, 0.2) is 18.2 Å². The minimum Gasteiger partial charge on any atom is -0.388 e. The first kappa shape index (κ1) is 14.1. The van der Waals surface area contributed by atoms with Gasteiger partial charge >= 0.3 is 0 Å². The predicted octanol–water partition coefficient (Wildman–Crippen LogP) is 2.52. The zero-order valence-electron chi connectivity index (χ0n) is 11.6. The molecule has 0 fully saturated rings. The molecule has 3 heteroatoms. The fourth-order valence-electron chi connectivity index (χ4n) is 2.59. The number of aryl methyl sites for hydroxylation is 2. The van der Waals surface area contributed by atoms with Gasteiger partial charge in [-0.2, -0.15) is 0 Å². The molecule has 2 rings (SSSR count). The normalized spacial score (nSPS) is 15.1. The van der Waals surface area contributed by atoms with Crippen molar-refractivity contribution in [1.29, 1.82) is 0 Å². The van der Waals surface area contributed by atoms with Gasteiger partial charge in [0.05, 0.1) is 6.10 Å². The van der Waals surface area contributed by atoms with Crippen LogP contribution in [0, 0.1) is 0 Å². The lowest BCUT2D eigenvalue weighted by molar-refractivity contribution is -0.121. The first-order valence-electron chi connectivity index (χ1n) is 7.27. The molecule has 0 aliphatic heterocycles. The summed E-state index contributed by atoms with van der Waals surface area (Å²) < 4.78 is 0. The Hall–Kier alpha value is -1.35. The molecule has 0 spiro atoms. The van der Waals surface area contributed by atoms with Gasteiger partial charge in [0.15, 0.2) is 0 Å². The molecule has 1 atom stereocenters. The maximum Gasteiger partial charge on any atom is 0.220 e. The van der Waals surface area contributed by atoms with Gasteiger partial charge in [-0.1, -0.05) is 25.1 Å². The van der Waals surface area contributed by atoms with Crippen LogP contribution >= 0.6 is 0 Å². The van der Waals surface area contributed by atoms with Crippen LogP contribution < -0.4 is 5.32 Å². The van der Waals surface area contributed by atoms with Crippen LogP contribution in [0.1, 0.15) is 55.4 Å². The Kier molecular flexibility index (Phi) is 4.97. The average molecular weight is 261 g/mol. The fraction of sp³-hybridized carbons (Fsp3) is 0.562. The summed E-state index contributed by atoms with van der Waals surface area (Å²) in [5.74, 6) is 0.0297. The van der Waals surface area contributed by atoms with E-state index in [2.05, 4.69) is 17.4 Å². The monoisotopic (exact) mass is 261 g/mol. The zero-order valence-corrected chi connectivity index (χ0v) is 11.6. The van der Waals surface area contributed by atoms with Gasteiger partial charge < -0.3 is 10.4 Å². The second-order valence-corrected chi connectivity index (χ2v) is 5.29. The summed E-state index contributed by atoms with van der Waals surface area (Å²) in [6.07, 6.45) is 4.79. The SMILES string of the molecule is CCCNC(=O)CCC(O)c1ccc2c(c1)CCC2. The van der Waals surface area contributed by atoms with Gasteiger partial charge in [0.2, 0.25) is 5.91 Å². The number of carbonyl (C=O) groups excluding carboxylic acids is 1. The number of aliphatic hydroxyl groups is 1.